The van der Waals surface area contributed by atoms with Crippen molar-refractivity contribution in [3.8, 4) is 0 Å². The molecule has 1 N–H and O–H groups in total. The molecular weight excluding hydrogens is 304 g/mol. The van der Waals surface area contributed by atoms with Crippen molar-refractivity contribution in [3.63, 3.8) is 0 Å². The average molecular weight is 336 g/mol. The zero-order valence-electron chi connectivity index (χ0n) is 15.8. The van der Waals surface area contributed by atoms with Gasteiger partial charge in [0.1, 0.15) is 0 Å². The van der Waals surface area contributed by atoms with Crippen molar-refractivity contribution >= 4 is 5.91 Å². The van der Waals surface area contributed by atoms with Crippen LogP contribution in [0.15, 0.2) is 4.52 Å². The molecule has 1 aromatic heterocycles. The van der Waals surface area contributed by atoms with Gasteiger partial charge in [0.15, 0.2) is 5.82 Å². The Morgan fingerprint density at radius 3 is 2.58 bits per heavy atom. The summed E-state index contributed by atoms with van der Waals surface area (Å²) < 4.78 is 5.46. The monoisotopic (exact) mass is 336 g/mol. The highest BCUT2D eigenvalue weighted by Crippen LogP contribution is 2.27. The first-order valence-electron chi connectivity index (χ1n) is 9.18. The fourth-order valence-electron chi connectivity index (χ4n) is 2.95. The molecule has 136 valence electrons. The van der Waals surface area contributed by atoms with Crippen LogP contribution in [0.3, 0.4) is 0 Å². The Morgan fingerprint density at radius 1 is 1.38 bits per heavy atom. The molecule has 0 spiro atoms. The van der Waals surface area contributed by atoms with Crippen LogP contribution in [0, 0.1) is 5.92 Å². The predicted molar refractivity (Wildman–Crippen MR) is 93.6 cm³/mol. The molecule has 0 aromatic carbocycles. The molecule has 2 rings (SSSR count). The quantitative estimate of drug-likeness (QED) is 0.808. The van der Waals surface area contributed by atoms with Crippen molar-refractivity contribution in [1.82, 2.24) is 20.4 Å². The second-order valence-corrected chi connectivity index (χ2v) is 7.84. The molecule has 1 aliphatic rings. The van der Waals surface area contributed by atoms with Gasteiger partial charge in [0, 0.05) is 17.9 Å². The number of carbonyl (C=O) groups is 1. The number of likely N-dealkylation sites (tertiary alicyclic amines) is 1. The average Bonchev–Trinajstić information content (AvgIpc) is 3.05. The maximum absolute atomic E-state index is 12.2. The second-order valence-electron chi connectivity index (χ2n) is 7.84. The number of nitrogens with zero attached hydrogens (tertiary/aromatic N) is 3. The van der Waals surface area contributed by atoms with Crippen LogP contribution in [0.25, 0.3) is 0 Å². The summed E-state index contributed by atoms with van der Waals surface area (Å²) in [4.78, 5) is 19.1. The highest BCUT2D eigenvalue weighted by Gasteiger charge is 2.30. The fourth-order valence-corrected chi connectivity index (χ4v) is 2.95. The smallest absolute Gasteiger partial charge is 0.243 e. The zero-order valence-corrected chi connectivity index (χ0v) is 15.8. The molecule has 1 aliphatic heterocycles. The van der Waals surface area contributed by atoms with Crippen LogP contribution in [0.2, 0.25) is 0 Å². The first-order valence-corrected chi connectivity index (χ1v) is 9.18. The van der Waals surface area contributed by atoms with Crippen LogP contribution < -0.4 is 5.32 Å². The lowest BCUT2D eigenvalue weighted by molar-refractivity contribution is -0.126. The van der Waals surface area contributed by atoms with Gasteiger partial charge in [-0.2, -0.15) is 4.98 Å². The van der Waals surface area contributed by atoms with Gasteiger partial charge in [-0.05, 0) is 39.3 Å². The number of amides is 1. The van der Waals surface area contributed by atoms with Gasteiger partial charge >= 0.3 is 0 Å². The van der Waals surface area contributed by atoms with Crippen LogP contribution in [-0.4, -0.2) is 40.6 Å². The number of aromatic nitrogens is 2. The van der Waals surface area contributed by atoms with Crippen LogP contribution in [-0.2, 0) is 10.2 Å². The first-order chi connectivity index (χ1) is 11.3. The molecule has 1 aromatic rings. The van der Waals surface area contributed by atoms with Gasteiger partial charge in [0.05, 0.1) is 6.04 Å². The van der Waals surface area contributed by atoms with E-state index in [-0.39, 0.29) is 23.3 Å². The minimum Gasteiger partial charge on any atom is -0.356 e. The molecule has 0 saturated carbocycles. The van der Waals surface area contributed by atoms with Gasteiger partial charge in [-0.25, -0.2) is 0 Å². The van der Waals surface area contributed by atoms with Crippen molar-refractivity contribution in [2.45, 2.75) is 71.8 Å². The number of hydrogen-bond acceptors (Lipinski definition) is 5. The number of piperidine rings is 1. The molecular formula is C18H32N4O2. The Morgan fingerprint density at radius 2 is 2.04 bits per heavy atom. The van der Waals surface area contributed by atoms with Crippen LogP contribution >= 0.6 is 0 Å². The van der Waals surface area contributed by atoms with Crippen molar-refractivity contribution in [2.24, 2.45) is 5.92 Å². The number of unbranched alkanes of at least 4 members (excludes halogenated alkanes) is 1. The topological polar surface area (TPSA) is 71.3 Å². The maximum atomic E-state index is 12.2. The largest absolute Gasteiger partial charge is 0.356 e. The normalized spacial score (nSPS) is 18.5. The Labute approximate surface area is 145 Å². The number of nitrogens with one attached hydrogen (secondary N) is 1. The first kappa shape index (κ1) is 18.9. The van der Waals surface area contributed by atoms with E-state index in [1.165, 1.54) is 0 Å². The third kappa shape index (κ3) is 4.79. The van der Waals surface area contributed by atoms with Crippen LogP contribution in [0.1, 0.15) is 78.1 Å². The minimum atomic E-state index is -0.106. The standard InChI is InChI=1S/C18H32N4O2/c1-6-7-10-19-15(23)14-8-11-22(12-9-14)13(2)16-20-17(21-24-16)18(3,4)5/h13-14H,6-12H2,1-5H3,(H,19,23). The lowest BCUT2D eigenvalue weighted by Crippen LogP contribution is -2.41. The van der Waals surface area contributed by atoms with Crippen LogP contribution in [0.5, 0.6) is 0 Å². The van der Waals surface area contributed by atoms with Gasteiger partial charge in [0.25, 0.3) is 0 Å². The van der Waals surface area contributed by atoms with Crippen molar-refractivity contribution in [2.75, 3.05) is 19.6 Å². The highest BCUT2D eigenvalue weighted by molar-refractivity contribution is 5.78. The van der Waals surface area contributed by atoms with E-state index in [0.717, 1.165) is 51.1 Å². The van der Waals surface area contributed by atoms with Crippen molar-refractivity contribution in [1.29, 1.82) is 0 Å². The predicted octanol–water partition coefficient (Wildman–Crippen LogP) is 3.06. The summed E-state index contributed by atoms with van der Waals surface area (Å²) in [6.07, 6.45) is 3.94. The summed E-state index contributed by atoms with van der Waals surface area (Å²) >= 11 is 0. The Kier molecular flexibility index (Phi) is 6.38. The van der Waals surface area contributed by atoms with Gasteiger partial charge in [-0.15, -0.1) is 0 Å². The Hall–Kier alpha value is -1.43. The summed E-state index contributed by atoms with van der Waals surface area (Å²) in [5.41, 5.74) is -0.106. The molecule has 6 heteroatoms. The van der Waals surface area contributed by atoms with E-state index in [4.69, 9.17) is 4.52 Å². The molecule has 0 aliphatic carbocycles. The van der Waals surface area contributed by atoms with E-state index < -0.39 is 0 Å². The van der Waals surface area contributed by atoms with E-state index in [1.807, 2.05) is 0 Å². The number of carbonyl (C=O) groups excluding carboxylic acids is 1. The lowest BCUT2D eigenvalue weighted by Gasteiger charge is -2.33. The number of rotatable bonds is 6. The minimum absolute atomic E-state index is 0.0951. The van der Waals surface area contributed by atoms with E-state index in [2.05, 4.69) is 55.0 Å². The summed E-state index contributed by atoms with van der Waals surface area (Å²) in [6.45, 7) is 13.0. The van der Waals surface area contributed by atoms with Gasteiger partial charge in [-0.1, -0.05) is 39.3 Å². The van der Waals surface area contributed by atoms with E-state index in [0.29, 0.717) is 5.89 Å². The van der Waals surface area contributed by atoms with E-state index >= 15 is 0 Å². The van der Waals surface area contributed by atoms with Gasteiger partial charge < -0.3 is 9.84 Å². The molecule has 1 atom stereocenters. The summed E-state index contributed by atoms with van der Waals surface area (Å²) in [5, 5.41) is 7.16. The molecule has 24 heavy (non-hydrogen) atoms. The summed E-state index contributed by atoms with van der Waals surface area (Å²) in [6, 6.07) is 0.0951. The molecule has 1 amide bonds. The van der Waals surface area contributed by atoms with E-state index in [1.54, 1.807) is 0 Å². The fraction of sp³-hybridized carbons (Fsp3) is 0.833. The molecule has 1 saturated heterocycles. The highest BCUT2D eigenvalue weighted by atomic mass is 16.5. The zero-order chi connectivity index (χ0) is 17.7. The van der Waals surface area contributed by atoms with Gasteiger partial charge in [0.2, 0.25) is 11.8 Å². The molecule has 6 nitrogen and oxygen atoms in total. The Bertz CT molecular complexity index is 527. The number of hydrogen-bond donors (Lipinski definition) is 1. The van der Waals surface area contributed by atoms with Crippen molar-refractivity contribution < 1.29 is 9.32 Å². The maximum Gasteiger partial charge on any atom is 0.243 e. The van der Waals surface area contributed by atoms with Crippen molar-refractivity contribution in [3.05, 3.63) is 11.7 Å². The molecule has 0 bridgehead atoms. The van der Waals surface area contributed by atoms with Gasteiger partial charge in [-0.3, -0.25) is 9.69 Å². The molecule has 1 fully saturated rings. The third-order valence-electron chi connectivity index (χ3n) is 4.75. The second kappa shape index (κ2) is 8.10. The SMILES string of the molecule is CCCCNC(=O)C1CCN(C(C)c2nc(C(C)(C)C)no2)CC1. The van der Waals surface area contributed by atoms with Crippen LogP contribution in [0.4, 0.5) is 0 Å². The lowest BCUT2D eigenvalue weighted by atomic mass is 9.94. The van der Waals surface area contributed by atoms with E-state index in [9.17, 15) is 4.79 Å². The summed E-state index contributed by atoms with van der Waals surface area (Å²) in [7, 11) is 0. The third-order valence-corrected chi connectivity index (χ3v) is 4.75. The Balaban J connectivity index is 1.85. The molecule has 1 unspecified atom stereocenters. The molecule has 0 radical (unpaired) electrons. The summed E-state index contributed by atoms with van der Waals surface area (Å²) in [5.74, 6) is 1.77. The molecule has 2 heterocycles.